The summed E-state index contributed by atoms with van der Waals surface area (Å²) in [6.45, 7) is 0.645. The number of benzene rings is 1. The Kier molecular flexibility index (Phi) is 8.29. The molecule has 0 aliphatic carbocycles. The molecule has 4 rings (SSSR count). The Bertz CT molecular complexity index is 1550. The van der Waals surface area contributed by atoms with Gasteiger partial charge in [0.1, 0.15) is 6.54 Å². The number of hydrogen-bond acceptors (Lipinski definition) is 8. The summed E-state index contributed by atoms with van der Waals surface area (Å²) in [5.41, 5.74) is -0.115. The predicted molar refractivity (Wildman–Crippen MR) is 138 cm³/mol. The fourth-order valence-electron chi connectivity index (χ4n) is 3.76. The molecule has 1 aromatic carbocycles. The van der Waals surface area contributed by atoms with Gasteiger partial charge in [0.15, 0.2) is 17.2 Å². The molecule has 3 N–H and O–H groups in total. The number of fused-ring (bicyclic) bond motifs is 1. The van der Waals surface area contributed by atoms with Crippen molar-refractivity contribution in [1.29, 1.82) is 5.26 Å². The van der Waals surface area contributed by atoms with Gasteiger partial charge in [0.25, 0.3) is 5.91 Å². The molecule has 15 heteroatoms. The standard InChI is InChI=1S/C25H25F3N10O2/c1-36(2)11-8-30-20(39)14-33-24(40)16-3-5-17(6-4-16)34-22-23-32-13-19(38(23)12-9-31-22)18-15-37(10-7-29)35-21(18)25(26,27)28/h3-6,9,12-13,15H,8,10-11,14H2,1-2H3,(H,30,39)(H,31,34)(H,33,40). The molecule has 3 heterocycles. The Hall–Kier alpha value is -4.97. The summed E-state index contributed by atoms with van der Waals surface area (Å²) in [6.07, 6.45) is 0.557. The molecule has 0 radical (unpaired) electrons. The maximum atomic E-state index is 13.7. The number of likely N-dealkylation sites (N-methyl/N-ethyl adjacent to an activating group) is 1. The van der Waals surface area contributed by atoms with Gasteiger partial charge >= 0.3 is 6.18 Å². The molecule has 4 aromatic rings. The lowest BCUT2D eigenvalue weighted by molar-refractivity contribution is -0.141. The van der Waals surface area contributed by atoms with E-state index < -0.39 is 17.8 Å². The van der Waals surface area contributed by atoms with Crippen LogP contribution in [0.2, 0.25) is 0 Å². The van der Waals surface area contributed by atoms with Crippen LogP contribution in [0, 0.1) is 11.3 Å². The molecule has 0 bridgehead atoms. The van der Waals surface area contributed by atoms with Crippen LogP contribution in [0.4, 0.5) is 24.7 Å². The number of rotatable bonds is 10. The lowest BCUT2D eigenvalue weighted by Crippen LogP contribution is -2.39. The van der Waals surface area contributed by atoms with Crippen LogP contribution in [0.1, 0.15) is 16.1 Å². The molecule has 40 heavy (non-hydrogen) atoms. The smallest absolute Gasteiger partial charge is 0.353 e. The van der Waals surface area contributed by atoms with Crippen molar-refractivity contribution in [2.24, 2.45) is 0 Å². The Balaban J connectivity index is 1.48. The van der Waals surface area contributed by atoms with Crippen molar-refractivity contribution < 1.29 is 22.8 Å². The molecule has 0 atom stereocenters. The molecule has 0 unspecified atom stereocenters. The number of imidazole rings is 1. The molecule has 2 amide bonds. The monoisotopic (exact) mass is 554 g/mol. The van der Waals surface area contributed by atoms with Crippen molar-refractivity contribution in [3.63, 3.8) is 0 Å². The Morgan fingerprint density at radius 1 is 1.12 bits per heavy atom. The van der Waals surface area contributed by atoms with E-state index in [1.807, 2.05) is 19.0 Å². The Labute approximate surface area is 226 Å². The van der Waals surface area contributed by atoms with Crippen LogP contribution in [0.3, 0.4) is 0 Å². The van der Waals surface area contributed by atoms with Gasteiger partial charge in [-0.2, -0.15) is 23.5 Å². The highest BCUT2D eigenvalue weighted by molar-refractivity contribution is 5.96. The van der Waals surface area contributed by atoms with Gasteiger partial charge in [0, 0.05) is 42.9 Å². The van der Waals surface area contributed by atoms with E-state index in [1.165, 1.54) is 23.0 Å². The largest absolute Gasteiger partial charge is 0.435 e. The van der Waals surface area contributed by atoms with Crippen molar-refractivity contribution in [3.05, 3.63) is 60.3 Å². The number of anilines is 2. The van der Waals surface area contributed by atoms with Gasteiger partial charge in [-0.3, -0.25) is 18.7 Å². The molecule has 12 nitrogen and oxygen atoms in total. The summed E-state index contributed by atoms with van der Waals surface area (Å²) in [6, 6.07) is 8.12. The Morgan fingerprint density at radius 3 is 2.55 bits per heavy atom. The number of hydrogen-bond donors (Lipinski definition) is 3. The van der Waals surface area contributed by atoms with E-state index in [1.54, 1.807) is 30.3 Å². The van der Waals surface area contributed by atoms with Gasteiger partial charge in [-0.15, -0.1) is 0 Å². The number of alkyl halides is 3. The first kappa shape index (κ1) is 28.0. The highest BCUT2D eigenvalue weighted by atomic mass is 19.4. The predicted octanol–water partition coefficient (Wildman–Crippen LogP) is 2.29. The molecule has 0 saturated heterocycles. The first-order chi connectivity index (χ1) is 19.1. The average Bonchev–Trinajstić information content (AvgIpc) is 3.53. The van der Waals surface area contributed by atoms with Crippen LogP contribution in [0.15, 0.2) is 49.1 Å². The number of aromatic nitrogens is 5. The highest BCUT2D eigenvalue weighted by Gasteiger charge is 2.38. The van der Waals surface area contributed by atoms with Gasteiger partial charge in [0.2, 0.25) is 5.91 Å². The van der Waals surface area contributed by atoms with E-state index >= 15 is 0 Å². The number of nitrogens with one attached hydrogen (secondary N) is 3. The zero-order valence-electron chi connectivity index (χ0n) is 21.5. The van der Waals surface area contributed by atoms with Crippen molar-refractivity contribution in [2.75, 3.05) is 39.0 Å². The second-order valence-corrected chi connectivity index (χ2v) is 8.90. The fraction of sp³-hybridized carbons (Fsp3) is 0.280. The third-order valence-electron chi connectivity index (χ3n) is 5.67. The van der Waals surface area contributed by atoms with Crippen LogP contribution >= 0.6 is 0 Å². The maximum absolute atomic E-state index is 13.7. The minimum absolute atomic E-state index is 0.120. The topological polar surface area (TPSA) is 145 Å². The number of carbonyl (C=O) groups is 2. The third kappa shape index (κ3) is 6.53. The SMILES string of the molecule is CN(C)CCNC(=O)CNC(=O)c1ccc(Nc2nccn3c(-c4cn(CC#N)nc4C(F)(F)F)cnc23)cc1. The normalized spacial score (nSPS) is 11.4. The summed E-state index contributed by atoms with van der Waals surface area (Å²) in [7, 11) is 3.77. The summed E-state index contributed by atoms with van der Waals surface area (Å²) < 4.78 is 43.3. The van der Waals surface area contributed by atoms with E-state index in [4.69, 9.17) is 5.26 Å². The maximum Gasteiger partial charge on any atom is 0.435 e. The number of amides is 2. The molecule has 0 spiro atoms. The van der Waals surface area contributed by atoms with Gasteiger partial charge in [-0.1, -0.05) is 0 Å². The second kappa shape index (κ2) is 11.8. The number of nitrogens with zero attached hydrogens (tertiary/aromatic N) is 7. The van der Waals surface area contributed by atoms with Crippen LogP contribution < -0.4 is 16.0 Å². The minimum Gasteiger partial charge on any atom is -0.353 e. The van der Waals surface area contributed by atoms with Crippen molar-refractivity contribution >= 4 is 29.0 Å². The van der Waals surface area contributed by atoms with E-state index in [-0.39, 0.29) is 41.7 Å². The summed E-state index contributed by atoms with van der Waals surface area (Å²) in [5, 5.41) is 20.7. The molecule has 0 aliphatic heterocycles. The van der Waals surface area contributed by atoms with Crippen LogP contribution in [-0.4, -0.2) is 74.6 Å². The second-order valence-electron chi connectivity index (χ2n) is 8.90. The number of nitriles is 1. The highest BCUT2D eigenvalue weighted by Crippen LogP contribution is 2.36. The molecule has 3 aromatic heterocycles. The summed E-state index contributed by atoms with van der Waals surface area (Å²) in [4.78, 5) is 34.7. The molecular weight excluding hydrogens is 529 g/mol. The minimum atomic E-state index is -4.74. The van der Waals surface area contributed by atoms with Crippen LogP contribution in [0.5, 0.6) is 0 Å². The number of carbonyl (C=O) groups excluding carboxylic acids is 2. The molecule has 0 fully saturated rings. The van der Waals surface area contributed by atoms with E-state index in [0.29, 0.717) is 24.3 Å². The average molecular weight is 555 g/mol. The first-order valence-corrected chi connectivity index (χ1v) is 12.0. The molecule has 0 aliphatic rings. The quantitative estimate of drug-likeness (QED) is 0.271. The fourth-order valence-corrected chi connectivity index (χ4v) is 3.76. The van der Waals surface area contributed by atoms with E-state index in [9.17, 15) is 22.8 Å². The zero-order valence-corrected chi connectivity index (χ0v) is 21.5. The van der Waals surface area contributed by atoms with Gasteiger partial charge in [-0.25, -0.2) is 9.97 Å². The van der Waals surface area contributed by atoms with Crippen molar-refractivity contribution in [2.45, 2.75) is 12.7 Å². The lowest BCUT2D eigenvalue weighted by Gasteiger charge is -2.11. The van der Waals surface area contributed by atoms with Crippen molar-refractivity contribution in [3.8, 4) is 17.3 Å². The van der Waals surface area contributed by atoms with E-state index in [2.05, 4.69) is 31.0 Å². The van der Waals surface area contributed by atoms with Crippen molar-refractivity contribution in [1.82, 2.24) is 39.7 Å². The lowest BCUT2D eigenvalue weighted by atomic mass is 10.2. The molecular formula is C25H25F3N10O2. The Morgan fingerprint density at radius 2 is 1.88 bits per heavy atom. The number of halogens is 3. The van der Waals surface area contributed by atoms with Gasteiger partial charge in [0.05, 0.1) is 30.1 Å². The van der Waals surface area contributed by atoms with Gasteiger partial charge < -0.3 is 20.9 Å². The van der Waals surface area contributed by atoms with Crippen LogP contribution in [0.25, 0.3) is 16.9 Å². The van der Waals surface area contributed by atoms with E-state index in [0.717, 1.165) is 10.9 Å². The molecule has 208 valence electrons. The summed E-state index contributed by atoms with van der Waals surface area (Å²) in [5.74, 6) is -0.463. The summed E-state index contributed by atoms with van der Waals surface area (Å²) >= 11 is 0. The van der Waals surface area contributed by atoms with Gasteiger partial charge in [-0.05, 0) is 38.4 Å². The molecule has 0 saturated carbocycles. The first-order valence-electron chi connectivity index (χ1n) is 12.0. The van der Waals surface area contributed by atoms with Crippen LogP contribution in [-0.2, 0) is 17.5 Å². The third-order valence-corrected chi connectivity index (χ3v) is 5.67. The zero-order chi connectivity index (χ0) is 28.9.